The van der Waals surface area contributed by atoms with E-state index in [1.807, 2.05) is 0 Å². The van der Waals surface area contributed by atoms with Crippen LogP contribution in [0, 0.1) is 11.8 Å². The number of likely N-dealkylation sites (N-methyl/N-ethyl adjacent to an activating group) is 1. The van der Waals surface area contributed by atoms with E-state index in [2.05, 4.69) is 31.5 Å². The molecule has 1 fully saturated rings. The number of piperidine rings is 1. The molecule has 1 aliphatic heterocycles. The molecule has 1 rings (SSSR count). The van der Waals surface area contributed by atoms with Crippen molar-refractivity contribution in [3.8, 4) is 0 Å². The van der Waals surface area contributed by atoms with Gasteiger partial charge in [0.15, 0.2) is 0 Å². The van der Waals surface area contributed by atoms with Gasteiger partial charge in [-0.25, -0.2) is 0 Å². The molecule has 0 spiro atoms. The van der Waals surface area contributed by atoms with E-state index < -0.39 is 0 Å². The number of hydrogen-bond acceptors (Lipinski definition) is 2. The molecule has 0 radical (unpaired) electrons. The summed E-state index contributed by atoms with van der Waals surface area (Å²) >= 11 is 0. The van der Waals surface area contributed by atoms with Gasteiger partial charge in [0.2, 0.25) is 0 Å². The molecule has 0 aromatic carbocycles. The van der Waals surface area contributed by atoms with Gasteiger partial charge < -0.3 is 10.6 Å². The van der Waals surface area contributed by atoms with Crippen molar-refractivity contribution in [3.05, 3.63) is 12.7 Å². The quantitative estimate of drug-likeness (QED) is 0.670. The summed E-state index contributed by atoms with van der Waals surface area (Å²) in [6.07, 6.45) is 4.60. The average Bonchev–Trinajstić information content (AvgIpc) is 2.17. The first-order valence-corrected chi connectivity index (χ1v) is 5.25. The minimum absolute atomic E-state index is 0.584. The first-order chi connectivity index (χ1) is 6.22. The normalized spacial score (nSPS) is 36.1. The lowest BCUT2D eigenvalue weighted by molar-refractivity contribution is 0.108. The summed E-state index contributed by atoms with van der Waals surface area (Å²) in [7, 11) is 2.17. The lowest BCUT2D eigenvalue weighted by Crippen LogP contribution is -2.47. The maximum absolute atomic E-state index is 5.73. The minimum atomic E-state index is 0.584. The Kier molecular flexibility index (Phi) is 3.94. The summed E-state index contributed by atoms with van der Waals surface area (Å²) in [6.45, 7) is 8.09. The Hall–Kier alpha value is -0.340. The fourth-order valence-electron chi connectivity index (χ4n) is 2.35. The average molecular weight is 182 g/mol. The van der Waals surface area contributed by atoms with Gasteiger partial charge in [0, 0.05) is 19.1 Å². The highest BCUT2D eigenvalue weighted by Crippen LogP contribution is 2.29. The van der Waals surface area contributed by atoms with Gasteiger partial charge in [-0.05, 0) is 25.3 Å². The predicted molar refractivity (Wildman–Crippen MR) is 57.6 cm³/mol. The lowest BCUT2D eigenvalue weighted by Gasteiger charge is -2.40. The highest BCUT2D eigenvalue weighted by molar-refractivity contribution is 4.93. The van der Waals surface area contributed by atoms with Crippen molar-refractivity contribution in [1.29, 1.82) is 0 Å². The third-order valence-corrected chi connectivity index (χ3v) is 3.40. The van der Waals surface area contributed by atoms with E-state index in [1.54, 1.807) is 0 Å². The monoisotopic (exact) mass is 182 g/mol. The molecular weight excluding hydrogens is 160 g/mol. The van der Waals surface area contributed by atoms with Crippen molar-refractivity contribution in [2.45, 2.75) is 25.8 Å². The molecule has 0 bridgehead atoms. The fraction of sp³-hybridized carbons (Fsp3) is 0.818. The van der Waals surface area contributed by atoms with E-state index in [4.69, 9.17) is 5.73 Å². The van der Waals surface area contributed by atoms with E-state index in [-0.39, 0.29) is 0 Å². The Morgan fingerprint density at radius 1 is 1.62 bits per heavy atom. The van der Waals surface area contributed by atoms with Gasteiger partial charge in [0.1, 0.15) is 0 Å². The highest BCUT2D eigenvalue weighted by atomic mass is 15.1. The third kappa shape index (κ3) is 2.32. The number of nitrogens with two attached hydrogens (primary N) is 1. The van der Waals surface area contributed by atoms with Crippen LogP contribution in [0.25, 0.3) is 0 Å². The van der Waals surface area contributed by atoms with Crippen LogP contribution >= 0.6 is 0 Å². The summed E-state index contributed by atoms with van der Waals surface area (Å²) in [5.41, 5.74) is 5.73. The maximum Gasteiger partial charge on any atom is 0.0218 e. The first-order valence-electron chi connectivity index (χ1n) is 5.25. The topological polar surface area (TPSA) is 29.3 Å². The van der Waals surface area contributed by atoms with Gasteiger partial charge in [-0.2, -0.15) is 0 Å². The fourth-order valence-corrected chi connectivity index (χ4v) is 2.35. The molecule has 0 amide bonds. The van der Waals surface area contributed by atoms with E-state index >= 15 is 0 Å². The summed E-state index contributed by atoms with van der Waals surface area (Å²) in [5.74, 6) is 1.46. The molecule has 1 heterocycles. The van der Waals surface area contributed by atoms with Crippen LogP contribution in [0.1, 0.15) is 19.8 Å². The second-order valence-corrected chi connectivity index (χ2v) is 4.13. The van der Waals surface area contributed by atoms with Crippen LogP contribution in [0.4, 0.5) is 0 Å². The summed E-state index contributed by atoms with van der Waals surface area (Å²) < 4.78 is 0. The minimum Gasteiger partial charge on any atom is -0.329 e. The molecule has 0 saturated carbocycles. The Labute approximate surface area is 81.8 Å². The Bertz CT molecular complexity index is 167. The predicted octanol–water partition coefficient (Wildman–Crippen LogP) is 1.48. The van der Waals surface area contributed by atoms with Crippen LogP contribution in [-0.2, 0) is 0 Å². The lowest BCUT2D eigenvalue weighted by atomic mass is 9.80. The summed E-state index contributed by atoms with van der Waals surface area (Å²) in [6, 6.07) is 0.584. The molecule has 2 heteroatoms. The molecule has 1 saturated heterocycles. The number of nitrogens with zero attached hydrogens (tertiary/aromatic N) is 1. The Morgan fingerprint density at radius 3 is 2.77 bits per heavy atom. The van der Waals surface area contributed by atoms with Gasteiger partial charge in [-0.15, -0.1) is 6.58 Å². The van der Waals surface area contributed by atoms with E-state index in [0.29, 0.717) is 12.0 Å². The van der Waals surface area contributed by atoms with Gasteiger partial charge in [-0.1, -0.05) is 19.4 Å². The van der Waals surface area contributed by atoms with Crippen molar-refractivity contribution < 1.29 is 0 Å². The molecule has 76 valence electrons. The van der Waals surface area contributed by atoms with Crippen LogP contribution in [0.5, 0.6) is 0 Å². The Balaban J connectivity index is 2.59. The molecule has 2 N–H and O–H groups in total. The molecule has 2 unspecified atom stereocenters. The molecule has 3 atom stereocenters. The molecular formula is C11H22N2. The number of likely N-dealkylation sites (tertiary alicyclic amines) is 1. The van der Waals surface area contributed by atoms with Gasteiger partial charge in [0.25, 0.3) is 0 Å². The van der Waals surface area contributed by atoms with Crippen LogP contribution in [0.15, 0.2) is 12.7 Å². The zero-order chi connectivity index (χ0) is 9.84. The molecule has 2 nitrogen and oxygen atoms in total. The molecule has 1 aliphatic rings. The largest absolute Gasteiger partial charge is 0.329 e. The van der Waals surface area contributed by atoms with Crippen LogP contribution in [-0.4, -0.2) is 31.1 Å². The maximum atomic E-state index is 5.73. The van der Waals surface area contributed by atoms with Crippen LogP contribution in [0.3, 0.4) is 0 Å². The molecule has 0 aromatic heterocycles. The molecule has 13 heavy (non-hydrogen) atoms. The van der Waals surface area contributed by atoms with Crippen molar-refractivity contribution in [2.75, 3.05) is 20.1 Å². The van der Waals surface area contributed by atoms with Crippen LogP contribution in [0.2, 0.25) is 0 Å². The smallest absolute Gasteiger partial charge is 0.0218 e. The third-order valence-electron chi connectivity index (χ3n) is 3.40. The van der Waals surface area contributed by atoms with Gasteiger partial charge in [0.05, 0.1) is 0 Å². The first kappa shape index (κ1) is 10.7. The standard InChI is InChI=1S/C11H22N2/c1-4-9-6-11(7-12)13(3)8-10(9)5-2/h5,9-11H,2,4,6-8,12H2,1,3H3/t9?,10?,11-/m1/s1. The van der Waals surface area contributed by atoms with Gasteiger partial charge >= 0.3 is 0 Å². The number of hydrogen-bond donors (Lipinski definition) is 1. The second kappa shape index (κ2) is 4.77. The zero-order valence-electron chi connectivity index (χ0n) is 8.87. The second-order valence-electron chi connectivity index (χ2n) is 4.13. The van der Waals surface area contributed by atoms with E-state index in [1.165, 1.54) is 12.8 Å². The van der Waals surface area contributed by atoms with Crippen molar-refractivity contribution in [3.63, 3.8) is 0 Å². The van der Waals surface area contributed by atoms with E-state index in [9.17, 15) is 0 Å². The molecule has 0 aromatic rings. The van der Waals surface area contributed by atoms with Crippen molar-refractivity contribution >= 4 is 0 Å². The number of rotatable bonds is 3. The summed E-state index contributed by atoms with van der Waals surface area (Å²) in [4.78, 5) is 2.37. The SMILES string of the molecule is C=CC1CN(C)[C@@H](CN)CC1CC. The molecule has 0 aliphatic carbocycles. The highest BCUT2D eigenvalue weighted by Gasteiger charge is 2.29. The Morgan fingerprint density at radius 2 is 2.31 bits per heavy atom. The van der Waals surface area contributed by atoms with Crippen LogP contribution < -0.4 is 5.73 Å². The zero-order valence-corrected chi connectivity index (χ0v) is 8.87. The van der Waals surface area contributed by atoms with E-state index in [0.717, 1.165) is 19.0 Å². The van der Waals surface area contributed by atoms with Crippen molar-refractivity contribution in [1.82, 2.24) is 4.90 Å². The summed E-state index contributed by atoms with van der Waals surface area (Å²) in [5, 5.41) is 0. The van der Waals surface area contributed by atoms with Crippen molar-refractivity contribution in [2.24, 2.45) is 17.6 Å². The van der Waals surface area contributed by atoms with Gasteiger partial charge in [-0.3, -0.25) is 0 Å².